The maximum absolute atomic E-state index is 11.3. The first-order valence-electron chi connectivity index (χ1n) is 4.75. The maximum Gasteiger partial charge on any atom is 0.342 e. The number of carbonyl (C=O) groups is 2. The van der Waals surface area contributed by atoms with Gasteiger partial charge < -0.3 is 4.74 Å². The minimum Gasteiger partial charge on any atom is -0.389 e. The highest BCUT2D eigenvalue weighted by Crippen LogP contribution is 2.48. The topological polar surface area (TPSA) is 43.4 Å². The average Bonchev–Trinajstić information content (AvgIpc) is 2.47. The fourth-order valence-electron chi connectivity index (χ4n) is 2.84. The van der Waals surface area contributed by atoms with E-state index in [1.165, 1.54) is 5.57 Å². The summed E-state index contributed by atoms with van der Waals surface area (Å²) in [7, 11) is 0. The van der Waals surface area contributed by atoms with E-state index in [2.05, 4.69) is 4.74 Å². The lowest BCUT2D eigenvalue weighted by molar-refractivity contribution is -0.153. The normalized spacial score (nSPS) is 36.6. The first-order valence-corrected chi connectivity index (χ1v) is 4.75. The molecule has 4 rings (SSSR count). The van der Waals surface area contributed by atoms with Gasteiger partial charge in [0, 0.05) is 0 Å². The van der Waals surface area contributed by atoms with Gasteiger partial charge in [-0.3, -0.25) is 4.79 Å². The van der Waals surface area contributed by atoms with Gasteiger partial charge in [-0.05, 0) is 31.6 Å². The first-order chi connectivity index (χ1) is 6.27. The van der Waals surface area contributed by atoms with Crippen LogP contribution in [0.1, 0.15) is 25.7 Å². The lowest BCUT2D eigenvalue weighted by atomic mass is 9.67. The van der Waals surface area contributed by atoms with E-state index in [4.69, 9.17) is 0 Å². The number of hydrogen-bond acceptors (Lipinski definition) is 3. The molecule has 2 fully saturated rings. The molecule has 0 aromatic heterocycles. The molecule has 0 radical (unpaired) electrons. The van der Waals surface area contributed by atoms with Gasteiger partial charge in [0.2, 0.25) is 0 Å². The molecule has 1 unspecified atom stereocenters. The van der Waals surface area contributed by atoms with Crippen molar-refractivity contribution in [3.8, 4) is 0 Å². The van der Waals surface area contributed by atoms with Crippen LogP contribution < -0.4 is 0 Å². The van der Waals surface area contributed by atoms with Crippen molar-refractivity contribution < 1.29 is 14.3 Å². The minimum atomic E-state index is -0.366. The molecular weight excluding hydrogens is 168 g/mol. The zero-order valence-corrected chi connectivity index (χ0v) is 7.21. The predicted octanol–water partition coefficient (Wildman–Crippen LogP) is 1.19. The molecule has 0 aromatic carbocycles. The molecule has 1 heterocycles. The summed E-state index contributed by atoms with van der Waals surface area (Å²) in [5, 5.41) is 0. The molecule has 1 atom stereocenters. The van der Waals surface area contributed by atoms with Gasteiger partial charge in [0.25, 0.3) is 0 Å². The molecule has 13 heavy (non-hydrogen) atoms. The fourth-order valence-corrected chi connectivity index (χ4v) is 2.84. The highest BCUT2D eigenvalue weighted by atomic mass is 16.6. The molecule has 4 aliphatic rings. The van der Waals surface area contributed by atoms with Crippen LogP contribution in [0.25, 0.3) is 0 Å². The molecule has 68 valence electrons. The van der Waals surface area contributed by atoms with Crippen LogP contribution in [0.2, 0.25) is 0 Å². The third-order valence-corrected chi connectivity index (χ3v) is 3.46. The van der Waals surface area contributed by atoms with Gasteiger partial charge in [0.1, 0.15) is 0 Å². The van der Waals surface area contributed by atoms with E-state index in [9.17, 15) is 9.59 Å². The van der Waals surface area contributed by atoms with Crippen LogP contribution in [-0.4, -0.2) is 11.9 Å². The summed E-state index contributed by atoms with van der Waals surface area (Å²) in [5.74, 6) is -0.479. The lowest BCUT2D eigenvalue weighted by Crippen LogP contribution is -2.30. The Labute approximate surface area is 75.8 Å². The number of fused-ring (bicyclic) bond motifs is 2. The molecule has 3 nitrogen and oxygen atoms in total. The van der Waals surface area contributed by atoms with Crippen molar-refractivity contribution in [2.45, 2.75) is 25.7 Å². The Hall–Kier alpha value is -1.12. The van der Waals surface area contributed by atoms with Crippen LogP contribution in [0.5, 0.6) is 0 Å². The summed E-state index contributed by atoms with van der Waals surface area (Å²) in [6.07, 6.45) is 4.12. The van der Waals surface area contributed by atoms with Gasteiger partial charge >= 0.3 is 11.9 Å². The lowest BCUT2D eigenvalue weighted by Gasteiger charge is -2.33. The Bertz CT molecular complexity index is 330. The molecule has 0 amide bonds. The van der Waals surface area contributed by atoms with Gasteiger partial charge in [0.05, 0.1) is 11.5 Å². The van der Waals surface area contributed by atoms with E-state index in [1.807, 2.05) is 0 Å². The number of hydrogen-bond donors (Lipinski definition) is 0. The molecule has 0 N–H and O–H groups in total. The van der Waals surface area contributed by atoms with E-state index in [-0.39, 0.29) is 17.9 Å². The monoisotopic (exact) mass is 178 g/mol. The molecule has 2 bridgehead atoms. The Balaban J connectivity index is 2.17. The highest BCUT2D eigenvalue weighted by Gasteiger charge is 2.49. The van der Waals surface area contributed by atoms with Crippen molar-refractivity contribution in [2.24, 2.45) is 11.8 Å². The molecule has 1 saturated carbocycles. The molecule has 0 spiro atoms. The van der Waals surface area contributed by atoms with Crippen molar-refractivity contribution in [1.29, 1.82) is 0 Å². The second kappa shape index (κ2) is 2.22. The van der Waals surface area contributed by atoms with Crippen molar-refractivity contribution >= 4 is 11.9 Å². The first kappa shape index (κ1) is 7.30. The predicted molar refractivity (Wildman–Crippen MR) is 43.6 cm³/mol. The van der Waals surface area contributed by atoms with Gasteiger partial charge in [-0.15, -0.1) is 0 Å². The Kier molecular flexibility index (Phi) is 1.25. The molecule has 1 saturated heterocycles. The van der Waals surface area contributed by atoms with Crippen molar-refractivity contribution in [3.63, 3.8) is 0 Å². The minimum absolute atomic E-state index is 0.190. The van der Waals surface area contributed by atoms with E-state index in [0.29, 0.717) is 11.5 Å². The smallest absolute Gasteiger partial charge is 0.342 e. The van der Waals surface area contributed by atoms with E-state index < -0.39 is 0 Å². The van der Waals surface area contributed by atoms with Crippen molar-refractivity contribution in [1.82, 2.24) is 0 Å². The second-order valence-corrected chi connectivity index (χ2v) is 4.04. The maximum atomic E-state index is 11.3. The van der Waals surface area contributed by atoms with Gasteiger partial charge in [-0.25, -0.2) is 4.79 Å². The highest BCUT2D eigenvalue weighted by molar-refractivity contribution is 6.08. The van der Waals surface area contributed by atoms with E-state index in [1.54, 1.807) is 0 Å². The zero-order chi connectivity index (χ0) is 9.00. The second-order valence-electron chi connectivity index (χ2n) is 4.04. The largest absolute Gasteiger partial charge is 0.389 e. The SMILES string of the molecule is O=C1OC(=O)C2C1=C1CCC2CC1. The Morgan fingerprint density at radius 2 is 1.85 bits per heavy atom. The fraction of sp³-hybridized carbons (Fsp3) is 0.600. The molecule has 0 aromatic rings. The van der Waals surface area contributed by atoms with Crippen LogP contribution in [-0.2, 0) is 14.3 Å². The molecular formula is C10H10O3. The summed E-state index contributed by atoms with van der Waals surface area (Å²) in [6, 6.07) is 0. The van der Waals surface area contributed by atoms with Gasteiger partial charge in [-0.1, -0.05) is 5.57 Å². The van der Waals surface area contributed by atoms with Crippen LogP contribution in [0.4, 0.5) is 0 Å². The number of carbonyl (C=O) groups excluding carboxylic acids is 2. The van der Waals surface area contributed by atoms with Crippen LogP contribution in [0, 0.1) is 11.8 Å². The number of cyclic esters (lactones) is 2. The van der Waals surface area contributed by atoms with E-state index in [0.717, 1.165) is 25.7 Å². The van der Waals surface area contributed by atoms with Crippen molar-refractivity contribution in [2.75, 3.05) is 0 Å². The summed E-state index contributed by atoms with van der Waals surface area (Å²) < 4.78 is 4.65. The number of rotatable bonds is 0. The van der Waals surface area contributed by atoms with Crippen LogP contribution >= 0.6 is 0 Å². The third kappa shape index (κ3) is 0.794. The summed E-state index contributed by atoms with van der Waals surface area (Å²) in [4.78, 5) is 22.6. The molecule has 1 aliphatic heterocycles. The van der Waals surface area contributed by atoms with Crippen molar-refractivity contribution in [3.05, 3.63) is 11.1 Å². The van der Waals surface area contributed by atoms with E-state index >= 15 is 0 Å². The van der Waals surface area contributed by atoms with Gasteiger partial charge in [-0.2, -0.15) is 0 Å². The third-order valence-electron chi connectivity index (χ3n) is 3.46. The summed E-state index contributed by atoms with van der Waals surface area (Å²) in [5.41, 5.74) is 1.90. The van der Waals surface area contributed by atoms with Gasteiger partial charge in [0.15, 0.2) is 0 Å². The average molecular weight is 178 g/mol. The molecule has 3 heteroatoms. The quantitative estimate of drug-likeness (QED) is 0.413. The van der Waals surface area contributed by atoms with Crippen LogP contribution in [0.3, 0.4) is 0 Å². The summed E-state index contributed by atoms with van der Waals surface area (Å²) in [6.45, 7) is 0. The zero-order valence-electron chi connectivity index (χ0n) is 7.21. The molecule has 3 aliphatic carbocycles. The number of ether oxygens (including phenoxy) is 1. The summed E-state index contributed by atoms with van der Waals surface area (Å²) >= 11 is 0. The number of allylic oxidation sites excluding steroid dienone is 1. The van der Waals surface area contributed by atoms with Crippen LogP contribution in [0.15, 0.2) is 11.1 Å². The number of esters is 2. The Morgan fingerprint density at radius 1 is 1.15 bits per heavy atom. The Morgan fingerprint density at radius 3 is 2.46 bits per heavy atom. The standard InChI is InChI=1S/C10H10O3/c11-9-7-5-1-2-6(4-3-5)8(7)10(12)13-9/h5,7H,1-4H2.